The van der Waals surface area contributed by atoms with Gasteiger partial charge in [0.25, 0.3) is 0 Å². The molecule has 1 aromatic carbocycles. The van der Waals surface area contributed by atoms with Crippen LogP contribution in [0.1, 0.15) is 18.1 Å². The molecule has 3 nitrogen and oxygen atoms in total. The van der Waals surface area contributed by atoms with E-state index < -0.39 is 0 Å². The summed E-state index contributed by atoms with van der Waals surface area (Å²) in [6.45, 7) is 4.30. The largest absolute Gasteiger partial charge is 0.392 e. The summed E-state index contributed by atoms with van der Waals surface area (Å²) in [5.74, 6) is 0. The second kappa shape index (κ2) is 6.09. The first-order valence-electron chi connectivity index (χ1n) is 5.51. The molecule has 0 spiro atoms. The Morgan fingerprint density at radius 1 is 1.50 bits per heavy atom. The van der Waals surface area contributed by atoms with Crippen LogP contribution in [0, 0.1) is 0 Å². The smallest absolute Gasteiger partial charge is 0.0636 e. The molecule has 16 heavy (non-hydrogen) atoms. The maximum absolute atomic E-state index is 9.15. The molecule has 3 N–H and O–H groups in total. The number of aliphatic hydroxyl groups is 1. The van der Waals surface area contributed by atoms with Gasteiger partial charge in [-0.25, -0.2) is 0 Å². The zero-order valence-electron chi connectivity index (χ0n) is 9.49. The Bertz CT molecular complexity index is 342. The number of nitrogens with one attached hydrogen (secondary N) is 2. The van der Waals surface area contributed by atoms with Crippen LogP contribution in [-0.2, 0) is 13.0 Å². The van der Waals surface area contributed by atoms with E-state index in [0.29, 0.717) is 6.54 Å². The van der Waals surface area contributed by atoms with Crippen LogP contribution in [0.5, 0.6) is 0 Å². The predicted molar refractivity (Wildman–Crippen MR) is 69.3 cm³/mol. The molecular formula is C12H19ClN2O. The van der Waals surface area contributed by atoms with Crippen molar-refractivity contribution >= 4 is 18.1 Å². The quantitative estimate of drug-likeness (QED) is 0.751. The lowest BCUT2D eigenvalue weighted by Gasteiger charge is -2.11. The second-order valence-electron chi connectivity index (χ2n) is 4.11. The minimum atomic E-state index is -0.283. The number of fused-ring (bicyclic) bond motifs is 1. The lowest BCUT2D eigenvalue weighted by atomic mass is 10.1. The van der Waals surface area contributed by atoms with E-state index in [2.05, 4.69) is 28.8 Å². The first-order chi connectivity index (χ1) is 7.27. The molecule has 1 atom stereocenters. The SMILES string of the molecule is C[C@@H](O)CNCc1cccc2c1NCC2.Cl. The molecule has 0 fully saturated rings. The van der Waals surface area contributed by atoms with Gasteiger partial charge < -0.3 is 15.7 Å². The van der Waals surface area contributed by atoms with Gasteiger partial charge in [-0.05, 0) is 24.5 Å². The van der Waals surface area contributed by atoms with Crippen LogP contribution in [0.15, 0.2) is 18.2 Å². The average Bonchev–Trinajstić information content (AvgIpc) is 2.65. The van der Waals surface area contributed by atoms with Gasteiger partial charge in [0.2, 0.25) is 0 Å². The van der Waals surface area contributed by atoms with E-state index in [0.717, 1.165) is 19.5 Å². The van der Waals surface area contributed by atoms with Crippen molar-refractivity contribution in [3.63, 3.8) is 0 Å². The van der Waals surface area contributed by atoms with E-state index in [1.165, 1.54) is 16.8 Å². The number of halogens is 1. The van der Waals surface area contributed by atoms with Gasteiger partial charge >= 0.3 is 0 Å². The molecule has 1 aliphatic heterocycles. The molecule has 2 rings (SSSR count). The van der Waals surface area contributed by atoms with Crippen LogP contribution >= 0.6 is 12.4 Å². The number of anilines is 1. The molecule has 1 aromatic rings. The highest BCUT2D eigenvalue weighted by Gasteiger charge is 2.12. The second-order valence-corrected chi connectivity index (χ2v) is 4.11. The van der Waals surface area contributed by atoms with Gasteiger partial charge in [-0.2, -0.15) is 0 Å². The Balaban J connectivity index is 0.00000128. The summed E-state index contributed by atoms with van der Waals surface area (Å²) in [5.41, 5.74) is 3.99. The molecule has 0 saturated heterocycles. The fourth-order valence-corrected chi connectivity index (χ4v) is 1.97. The highest BCUT2D eigenvalue weighted by atomic mass is 35.5. The van der Waals surface area contributed by atoms with Gasteiger partial charge in [0.1, 0.15) is 0 Å². The number of hydrogen-bond acceptors (Lipinski definition) is 3. The number of rotatable bonds is 4. The zero-order valence-corrected chi connectivity index (χ0v) is 10.3. The number of aliphatic hydroxyl groups excluding tert-OH is 1. The Hall–Kier alpha value is -0.770. The van der Waals surface area contributed by atoms with E-state index in [1.54, 1.807) is 6.92 Å². The van der Waals surface area contributed by atoms with Crippen molar-refractivity contribution in [2.24, 2.45) is 0 Å². The molecule has 0 bridgehead atoms. The van der Waals surface area contributed by atoms with Gasteiger partial charge in [-0.3, -0.25) is 0 Å². The number of benzene rings is 1. The standard InChI is InChI=1S/C12H18N2O.ClH/c1-9(15)7-13-8-11-4-2-3-10-5-6-14-12(10)11;/h2-4,9,13-15H,5-8H2,1H3;1H/t9-;/m1./s1. The molecule has 90 valence electrons. The maximum Gasteiger partial charge on any atom is 0.0636 e. The summed E-state index contributed by atoms with van der Waals surface area (Å²) < 4.78 is 0. The molecule has 0 radical (unpaired) electrons. The fourth-order valence-electron chi connectivity index (χ4n) is 1.97. The van der Waals surface area contributed by atoms with E-state index in [9.17, 15) is 0 Å². The van der Waals surface area contributed by atoms with Crippen molar-refractivity contribution in [2.75, 3.05) is 18.4 Å². The summed E-state index contributed by atoms with van der Waals surface area (Å²) in [7, 11) is 0. The summed E-state index contributed by atoms with van der Waals surface area (Å²) in [6, 6.07) is 6.41. The van der Waals surface area contributed by atoms with E-state index in [4.69, 9.17) is 5.11 Å². The van der Waals surface area contributed by atoms with E-state index in [-0.39, 0.29) is 18.5 Å². The lowest BCUT2D eigenvalue weighted by Crippen LogP contribution is -2.24. The highest BCUT2D eigenvalue weighted by Crippen LogP contribution is 2.25. The first-order valence-corrected chi connectivity index (χ1v) is 5.51. The van der Waals surface area contributed by atoms with Crippen molar-refractivity contribution in [1.82, 2.24) is 5.32 Å². The van der Waals surface area contributed by atoms with Gasteiger partial charge in [-0.1, -0.05) is 18.2 Å². The molecule has 0 amide bonds. The Morgan fingerprint density at radius 2 is 2.31 bits per heavy atom. The van der Waals surface area contributed by atoms with Crippen molar-refractivity contribution in [3.05, 3.63) is 29.3 Å². The lowest BCUT2D eigenvalue weighted by molar-refractivity contribution is 0.191. The van der Waals surface area contributed by atoms with Crippen LogP contribution in [0.25, 0.3) is 0 Å². The number of para-hydroxylation sites is 1. The van der Waals surface area contributed by atoms with Crippen LogP contribution in [0.4, 0.5) is 5.69 Å². The van der Waals surface area contributed by atoms with E-state index >= 15 is 0 Å². The van der Waals surface area contributed by atoms with Gasteiger partial charge in [0, 0.05) is 25.3 Å². The van der Waals surface area contributed by atoms with Crippen molar-refractivity contribution < 1.29 is 5.11 Å². The first kappa shape index (κ1) is 13.3. The molecule has 1 aliphatic rings. The number of hydrogen-bond donors (Lipinski definition) is 3. The molecule has 1 heterocycles. The zero-order chi connectivity index (χ0) is 10.7. The minimum Gasteiger partial charge on any atom is -0.392 e. The topological polar surface area (TPSA) is 44.3 Å². The third-order valence-electron chi connectivity index (χ3n) is 2.69. The van der Waals surface area contributed by atoms with Crippen molar-refractivity contribution in [1.29, 1.82) is 0 Å². The molecule has 0 unspecified atom stereocenters. The third-order valence-corrected chi connectivity index (χ3v) is 2.69. The summed E-state index contributed by atoms with van der Waals surface area (Å²) in [4.78, 5) is 0. The summed E-state index contributed by atoms with van der Waals surface area (Å²) >= 11 is 0. The normalized spacial score (nSPS) is 14.9. The van der Waals surface area contributed by atoms with Crippen molar-refractivity contribution in [2.45, 2.75) is 26.0 Å². The highest BCUT2D eigenvalue weighted by molar-refractivity contribution is 5.85. The maximum atomic E-state index is 9.15. The van der Waals surface area contributed by atoms with Crippen LogP contribution < -0.4 is 10.6 Å². The van der Waals surface area contributed by atoms with Gasteiger partial charge in [0.05, 0.1) is 6.10 Å². The minimum absolute atomic E-state index is 0. The Morgan fingerprint density at radius 3 is 3.06 bits per heavy atom. The molecule has 0 saturated carbocycles. The van der Waals surface area contributed by atoms with Crippen LogP contribution in [0.2, 0.25) is 0 Å². The van der Waals surface area contributed by atoms with Crippen molar-refractivity contribution in [3.8, 4) is 0 Å². The van der Waals surface area contributed by atoms with Gasteiger partial charge in [-0.15, -0.1) is 12.4 Å². The fraction of sp³-hybridized carbons (Fsp3) is 0.500. The predicted octanol–water partition coefficient (Wildman–Crippen LogP) is 1.55. The summed E-state index contributed by atoms with van der Waals surface area (Å²) in [5, 5.41) is 15.8. The van der Waals surface area contributed by atoms with Crippen LogP contribution in [0.3, 0.4) is 0 Å². The average molecular weight is 243 g/mol. The monoisotopic (exact) mass is 242 g/mol. The molecule has 4 heteroatoms. The Labute approximate surface area is 103 Å². The van der Waals surface area contributed by atoms with E-state index in [1.807, 2.05) is 0 Å². The van der Waals surface area contributed by atoms with Crippen LogP contribution in [-0.4, -0.2) is 24.3 Å². The summed E-state index contributed by atoms with van der Waals surface area (Å²) in [6.07, 6.45) is 0.842. The third kappa shape index (κ3) is 3.11. The molecule has 0 aromatic heterocycles. The van der Waals surface area contributed by atoms with Gasteiger partial charge in [0.15, 0.2) is 0 Å². The Kier molecular flexibility index (Phi) is 5.06. The molecule has 0 aliphatic carbocycles. The molecular weight excluding hydrogens is 224 g/mol.